The van der Waals surface area contributed by atoms with Gasteiger partial charge in [-0.2, -0.15) is 5.26 Å². The standard InChI is InChI=1S/C15H19N3O3/c1-18(8-4-7-15(20)21-2)11-14(19)17-13-6-3-5-12(9-13)10-16/h3,5-6,9H,4,7-8,11H2,1-2H3,(H,17,19). The molecule has 0 saturated carbocycles. The van der Waals surface area contributed by atoms with Crippen molar-refractivity contribution >= 4 is 17.6 Å². The van der Waals surface area contributed by atoms with Crippen molar-refractivity contribution in [1.29, 1.82) is 5.26 Å². The topological polar surface area (TPSA) is 82.4 Å². The van der Waals surface area contributed by atoms with Crippen molar-refractivity contribution < 1.29 is 14.3 Å². The average molecular weight is 289 g/mol. The zero-order valence-electron chi connectivity index (χ0n) is 12.3. The summed E-state index contributed by atoms with van der Waals surface area (Å²) in [6.45, 7) is 0.846. The number of anilines is 1. The van der Waals surface area contributed by atoms with Crippen LogP contribution in [-0.2, 0) is 14.3 Å². The Kier molecular flexibility index (Phi) is 6.92. The summed E-state index contributed by atoms with van der Waals surface area (Å²) in [6.07, 6.45) is 0.979. The summed E-state index contributed by atoms with van der Waals surface area (Å²) in [5, 5.41) is 11.5. The molecule has 0 bridgehead atoms. The third-order valence-corrected chi connectivity index (χ3v) is 2.84. The van der Waals surface area contributed by atoms with E-state index >= 15 is 0 Å². The lowest BCUT2D eigenvalue weighted by atomic mass is 10.2. The Hall–Kier alpha value is -2.39. The third-order valence-electron chi connectivity index (χ3n) is 2.84. The molecule has 0 aliphatic carbocycles. The van der Waals surface area contributed by atoms with E-state index < -0.39 is 0 Å². The fraction of sp³-hybridized carbons (Fsp3) is 0.400. The smallest absolute Gasteiger partial charge is 0.305 e. The number of likely N-dealkylation sites (N-methyl/N-ethyl adjacent to an activating group) is 1. The summed E-state index contributed by atoms with van der Waals surface area (Å²) in [7, 11) is 3.16. The quantitative estimate of drug-likeness (QED) is 0.767. The van der Waals surface area contributed by atoms with Crippen LogP contribution >= 0.6 is 0 Å². The lowest BCUT2D eigenvalue weighted by molar-refractivity contribution is -0.140. The summed E-state index contributed by atoms with van der Waals surface area (Å²) in [4.78, 5) is 24.6. The number of nitriles is 1. The second-order valence-electron chi connectivity index (χ2n) is 4.66. The number of esters is 1. The fourth-order valence-corrected chi connectivity index (χ4v) is 1.79. The lowest BCUT2D eigenvalue weighted by Crippen LogP contribution is -2.31. The number of amides is 1. The van der Waals surface area contributed by atoms with Crippen molar-refractivity contribution in [3.63, 3.8) is 0 Å². The van der Waals surface area contributed by atoms with E-state index in [-0.39, 0.29) is 18.4 Å². The molecule has 0 atom stereocenters. The van der Waals surface area contributed by atoms with Crippen molar-refractivity contribution in [1.82, 2.24) is 4.90 Å². The number of nitrogens with zero attached hydrogens (tertiary/aromatic N) is 2. The van der Waals surface area contributed by atoms with Gasteiger partial charge in [0.25, 0.3) is 0 Å². The van der Waals surface area contributed by atoms with Gasteiger partial charge in [-0.3, -0.25) is 14.5 Å². The minimum absolute atomic E-state index is 0.161. The predicted octanol–water partition coefficient (Wildman–Crippen LogP) is 1.38. The Morgan fingerprint density at radius 2 is 2.19 bits per heavy atom. The van der Waals surface area contributed by atoms with Crippen molar-refractivity contribution in [2.45, 2.75) is 12.8 Å². The Morgan fingerprint density at radius 3 is 2.86 bits per heavy atom. The molecule has 0 heterocycles. The number of nitrogens with one attached hydrogen (secondary N) is 1. The molecule has 1 aromatic rings. The predicted molar refractivity (Wildman–Crippen MR) is 78.5 cm³/mol. The fourth-order valence-electron chi connectivity index (χ4n) is 1.79. The second kappa shape index (κ2) is 8.72. The van der Waals surface area contributed by atoms with Gasteiger partial charge in [0.1, 0.15) is 0 Å². The normalized spacial score (nSPS) is 10.0. The van der Waals surface area contributed by atoms with Gasteiger partial charge in [-0.15, -0.1) is 0 Å². The summed E-state index contributed by atoms with van der Waals surface area (Å²) < 4.78 is 4.55. The number of benzene rings is 1. The van der Waals surface area contributed by atoms with E-state index in [2.05, 4.69) is 10.1 Å². The van der Waals surface area contributed by atoms with Gasteiger partial charge < -0.3 is 10.1 Å². The summed E-state index contributed by atoms with van der Waals surface area (Å²) in [5.74, 6) is -0.410. The first-order valence-electron chi connectivity index (χ1n) is 6.60. The van der Waals surface area contributed by atoms with Crippen LogP contribution in [0.15, 0.2) is 24.3 Å². The number of carbonyl (C=O) groups is 2. The van der Waals surface area contributed by atoms with Gasteiger partial charge in [-0.1, -0.05) is 6.07 Å². The monoisotopic (exact) mass is 289 g/mol. The van der Waals surface area contributed by atoms with Gasteiger partial charge in [0.2, 0.25) is 5.91 Å². The summed E-state index contributed by atoms with van der Waals surface area (Å²) in [5.41, 5.74) is 1.10. The van der Waals surface area contributed by atoms with Crippen molar-refractivity contribution in [2.75, 3.05) is 32.6 Å². The van der Waals surface area contributed by atoms with Crippen molar-refractivity contribution in [2.24, 2.45) is 0 Å². The highest BCUT2D eigenvalue weighted by molar-refractivity contribution is 5.92. The van der Waals surface area contributed by atoms with E-state index in [0.717, 1.165) is 0 Å². The number of rotatable bonds is 7. The van der Waals surface area contributed by atoms with Crippen molar-refractivity contribution in [3.05, 3.63) is 29.8 Å². The first-order chi connectivity index (χ1) is 10.0. The number of hydrogen-bond acceptors (Lipinski definition) is 5. The summed E-state index contributed by atoms with van der Waals surface area (Å²) >= 11 is 0. The molecule has 112 valence electrons. The Labute approximate surface area is 124 Å². The number of hydrogen-bond donors (Lipinski definition) is 1. The Balaban J connectivity index is 2.35. The highest BCUT2D eigenvalue weighted by Gasteiger charge is 2.08. The van der Waals surface area contributed by atoms with Gasteiger partial charge >= 0.3 is 5.97 Å². The third kappa shape index (κ3) is 6.54. The molecule has 1 rings (SSSR count). The number of methoxy groups -OCH3 is 1. The molecule has 6 heteroatoms. The number of carbonyl (C=O) groups excluding carboxylic acids is 2. The first kappa shape index (κ1) is 16.7. The molecule has 0 unspecified atom stereocenters. The molecule has 1 amide bonds. The van der Waals surface area contributed by atoms with Crippen LogP contribution in [0.25, 0.3) is 0 Å². The molecule has 0 spiro atoms. The van der Waals surface area contributed by atoms with Crippen LogP contribution in [0.3, 0.4) is 0 Å². The van der Waals surface area contributed by atoms with E-state index in [4.69, 9.17) is 5.26 Å². The van der Waals surface area contributed by atoms with E-state index in [1.807, 2.05) is 18.0 Å². The van der Waals surface area contributed by atoms with Crippen LogP contribution < -0.4 is 5.32 Å². The maximum atomic E-state index is 11.8. The molecule has 1 aromatic carbocycles. The molecular weight excluding hydrogens is 270 g/mol. The molecule has 21 heavy (non-hydrogen) atoms. The molecule has 0 aliphatic heterocycles. The molecular formula is C15H19N3O3. The molecule has 0 aromatic heterocycles. The highest BCUT2D eigenvalue weighted by atomic mass is 16.5. The number of ether oxygens (including phenoxy) is 1. The van der Waals surface area contributed by atoms with Gasteiger partial charge in [0.15, 0.2) is 0 Å². The zero-order chi connectivity index (χ0) is 15.7. The Morgan fingerprint density at radius 1 is 1.43 bits per heavy atom. The van der Waals surface area contributed by atoms with Crippen LogP contribution in [0, 0.1) is 11.3 Å². The summed E-state index contributed by atoms with van der Waals surface area (Å²) in [6, 6.07) is 8.76. The zero-order valence-corrected chi connectivity index (χ0v) is 12.3. The van der Waals surface area contributed by atoms with E-state index in [0.29, 0.717) is 30.6 Å². The van der Waals surface area contributed by atoms with Crippen LogP contribution in [-0.4, -0.2) is 44.0 Å². The van der Waals surface area contributed by atoms with Gasteiger partial charge in [0.05, 0.1) is 25.3 Å². The van der Waals surface area contributed by atoms with E-state index in [1.165, 1.54) is 7.11 Å². The van der Waals surface area contributed by atoms with Crippen LogP contribution in [0.4, 0.5) is 5.69 Å². The van der Waals surface area contributed by atoms with E-state index in [9.17, 15) is 9.59 Å². The van der Waals surface area contributed by atoms with E-state index in [1.54, 1.807) is 24.3 Å². The van der Waals surface area contributed by atoms with Gasteiger partial charge in [-0.05, 0) is 38.2 Å². The molecule has 6 nitrogen and oxygen atoms in total. The van der Waals surface area contributed by atoms with Gasteiger partial charge in [-0.25, -0.2) is 0 Å². The molecule has 0 aliphatic rings. The van der Waals surface area contributed by atoms with Gasteiger partial charge in [0, 0.05) is 12.1 Å². The second-order valence-corrected chi connectivity index (χ2v) is 4.66. The maximum Gasteiger partial charge on any atom is 0.305 e. The molecule has 1 N–H and O–H groups in total. The lowest BCUT2D eigenvalue weighted by Gasteiger charge is -2.15. The Bertz CT molecular complexity index is 537. The first-order valence-corrected chi connectivity index (χ1v) is 6.60. The maximum absolute atomic E-state index is 11.8. The molecule has 0 fully saturated rings. The largest absolute Gasteiger partial charge is 0.469 e. The van der Waals surface area contributed by atoms with Crippen LogP contribution in [0.1, 0.15) is 18.4 Å². The van der Waals surface area contributed by atoms with Crippen LogP contribution in [0.2, 0.25) is 0 Å². The highest BCUT2D eigenvalue weighted by Crippen LogP contribution is 2.09. The minimum atomic E-state index is -0.249. The SMILES string of the molecule is COC(=O)CCCN(C)CC(=O)Nc1cccc(C#N)c1. The molecule has 0 saturated heterocycles. The molecule has 0 radical (unpaired) electrons. The van der Waals surface area contributed by atoms with Crippen LogP contribution in [0.5, 0.6) is 0 Å². The van der Waals surface area contributed by atoms with Crippen molar-refractivity contribution in [3.8, 4) is 6.07 Å². The average Bonchev–Trinajstić information content (AvgIpc) is 2.46. The minimum Gasteiger partial charge on any atom is -0.469 e.